The zero-order chi connectivity index (χ0) is 28.5. The van der Waals surface area contributed by atoms with Gasteiger partial charge in [-0.05, 0) is 48.6 Å². The molecule has 1 aliphatic rings. The van der Waals surface area contributed by atoms with Crippen LogP contribution < -0.4 is 10.3 Å². The summed E-state index contributed by atoms with van der Waals surface area (Å²) in [5, 5.41) is 10.9. The van der Waals surface area contributed by atoms with Crippen LogP contribution in [-0.4, -0.2) is 13.5 Å². The van der Waals surface area contributed by atoms with Gasteiger partial charge in [-0.3, -0.25) is 0 Å². The van der Waals surface area contributed by atoms with Crippen LogP contribution in [-0.2, 0) is 22.0 Å². The molecule has 1 saturated carbocycles. The van der Waals surface area contributed by atoms with Crippen LogP contribution in [0.4, 0.5) is 0 Å². The lowest BCUT2D eigenvalue weighted by Gasteiger charge is -2.35. The van der Waals surface area contributed by atoms with E-state index in [0.29, 0.717) is 30.6 Å². The number of sulfonamides is 1. The maximum absolute atomic E-state index is 13.4. The van der Waals surface area contributed by atoms with Crippen molar-refractivity contribution in [3.8, 4) is 5.75 Å². The third kappa shape index (κ3) is 7.26. The van der Waals surface area contributed by atoms with E-state index in [0.717, 1.165) is 4.47 Å². The van der Waals surface area contributed by atoms with Crippen molar-refractivity contribution >= 4 is 26.0 Å². The monoisotopic (exact) mass is 611 g/mol. The van der Waals surface area contributed by atoms with Gasteiger partial charge in [-0.2, -0.15) is 4.72 Å². The summed E-state index contributed by atoms with van der Waals surface area (Å²) >= 11 is 3.31. The average Bonchev–Trinajstić information content (AvgIpc) is 3.81. The minimum Gasteiger partial charge on any atom is -0.507 e. The molecule has 3 aromatic carbocycles. The normalized spacial score (nSPS) is 14.2. The molecule has 1 fully saturated rings. The van der Waals surface area contributed by atoms with E-state index in [1.54, 1.807) is 43.3 Å². The van der Waals surface area contributed by atoms with Crippen molar-refractivity contribution in [2.24, 2.45) is 5.92 Å². The van der Waals surface area contributed by atoms with Crippen LogP contribution in [0.2, 0.25) is 0 Å². The van der Waals surface area contributed by atoms with Crippen LogP contribution >= 0.6 is 15.9 Å². The molecule has 4 aromatic rings. The number of hydrogen-bond donors (Lipinski definition) is 2. The van der Waals surface area contributed by atoms with E-state index in [2.05, 4.69) is 20.7 Å². The topological polar surface area (TPSA) is 96.6 Å². The summed E-state index contributed by atoms with van der Waals surface area (Å²) in [6.45, 7) is 5.80. The number of hydrogen-bond acceptors (Lipinski definition) is 5. The Morgan fingerprint density at radius 1 is 0.923 bits per heavy atom. The maximum Gasteiger partial charge on any atom is 0.345 e. The molecule has 1 atom stereocenters. The summed E-state index contributed by atoms with van der Waals surface area (Å²) in [7, 11) is -4.05. The van der Waals surface area contributed by atoms with Crippen molar-refractivity contribution < 1.29 is 17.9 Å². The van der Waals surface area contributed by atoms with Crippen molar-refractivity contribution in [2.75, 3.05) is 0 Å². The Morgan fingerprint density at radius 3 is 1.90 bits per heavy atom. The minimum atomic E-state index is -4.05. The van der Waals surface area contributed by atoms with Gasteiger partial charge in [-0.25, -0.2) is 13.2 Å². The molecule has 0 spiro atoms. The molecule has 0 saturated heterocycles. The van der Waals surface area contributed by atoms with E-state index >= 15 is 0 Å². The molecule has 0 amide bonds. The van der Waals surface area contributed by atoms with Crippen LogP contribution in [0.15, 0.2) is 116 Å². The Labute approximate surface area is 238 Å². The van der Waals surface area contributed by atoms with Crippen molar-refractivity contribution in [1.82, 2.24) is 4.72 Å². The van der Waals surface area contributed by atoms with Crippen LogP contribution in [0, 0.1) is 5.92 Å². The number of aryl methyl sites for hydroxylation is 1. The molecule has 0 radical (unpaired) electrons. The molecular formula is C31H34BrNO5S. The lowest BCUT2D eigenvalue weighted by Crippen LogP contribution is -2.51. The van der Waals surface area contributed by atoms with Crippen molar-refractivity contribution in [2.45, 2.75) is 50.5 Å². The molecule has 2 N–H and O–H groups in total. The summed E-state index contributed by atoms with van der Waals surface area (Å²) in [6, 6.07) is 28.5. The highest BCUT2D eigenvalue weighted by atomic mass is 79.9. The van der Waals surface area contributed by atoms with Gasteiger partial charge in [0.05, 0.1) is 10.4 Å². The van der Waals surface area contributed by atoms with E-state index in [1.807, 2.05) is 56.3 Å². The van der Waals surface area contributed by atoms with Crippen LogP contribution in [0.1, 0.15) is 50.5 Å². The molecule has 1 unspecified atom stereocenters. The molecule has 206 valence electrons. The third-order valence-corrected chi connectivity index (χ3v) is 8.24. The van der Waals surface area contributed by atoms with Crippen molar-refractivity contribution in [1.29, 1.82) is 0 Å². The minimum absolute atomic E-state index is 0.0608. The molecule has 1 aromatic heterocycles. The summed E-state index contributed by atoms with van der Waals surface area (Å²) in [5.74, 6) is -0.150. The molecule has 1 aliphatic carbocycles. The highest BCUT2D eigenvalue weighted by molar-refractivity contribution is 9.10. The standard InChI is InChI=1S/C23H22BrNO5S.C6H6.C2H6/c1-2-18-14-20(26)21(22(27)30-18)23(16-8-9-16,15-6-4-3-5-7-15)25-31(28,29)19-12-10-17(24)11-13-19;1-2-4-6-5-3-1;1-2/h3-7,10-14,16,25-26H,2,8-9H2,1H3;1-6H;1-2H3. The van der Waals surface area contributed by atoms with Crippen molar-refractivity contribution in [3.05, 3.63) is 129 Å². The van der Waals surface area contributed by atoms with Gasteiger partial charge >= 0.3 is 5.63 Å². The van der Waals surface area contributed by atoms with E-state index in [4.69, 9.17) is 4.42 Å². The van der Waals surface area contributed by atoms with Gasteiger partial charge in [-0.1, -0.05) is 103 Å². The number of nitrogens with one attached hydrogen (secondary N) is 1. The maximum atomic E-state index is 13.4. The zero-order valence-corrected chi connectivity index (χ0v) is 24.7. The highest BCUT2D eigenvalue weighted by Gasteiger charge is 2.53. The van der Waals surface area contributed by atoms with Gasteiger partial charge in [0.1, 0.15) is 17.1 Å². The Kier molecular flexibility index (Phi) is 10.7. The molecule has 0 aliphatic heterocycles. The lowest BCUT2D eigenvalue weighted by atomic mass is 9.79. The summed E-state index contributed by atoms with van der Waals surface area (Å²) in [4.78, 5) is 13.1. The zero-order valence-electron chi connectivity index (χ0n) is 22.3. The van der Waals surface area contributed by atoms with Crippen LogP contribution in [0.5, 0.6) is 5.75 Å². The predicted octanol–water partition coefficient (Wildman–Crippen LogP) is 7.02. The van der Waals surface area contributed by atoms with Crippen molar-refractivity contribution in [3.63, 3.8) is 0 Å². The molecular weight excluding hydrogens is 578 g/mol. The number of rotatable bonds is 7. The quantitative estimate of drug-likeness (QED) is 0.234. The van der Waals surface area contributed by atoms with Gasteiger partial charge in [0, 0.05) is 17.0 Å². The number of halogens is 1. The van der Waals surface area contributed by atoms with Crippen LogP contribution in [0.25, 0.3) is 0 Å². The smallest absolute Gasteiger partial charge is 0.345 e. The van der Waals surface area contributed by atoms with E-state index in [1.165, 1.54) is 18.2 Å². The van der Waals surface area contributed by atoms with Gasteiger partial charge in [0.25, 0.3) is 0 Å². The molecule has 0 bridgehead atoms. The molecule has 8 heteroatoms. The molecule has 5 rings (SSSR count). The van der Waals surface area contributed by atoms with E-state index < -0.39 is 21.2 Å². The van der Waals surface area contributed by atoms with E-state index in [9.17, 15) is 18.3 Å². The SMILES string of the molecule is CC.CCc1cc(O)c(C(NS(=O)(=O)c2ccc(Br)cc2)(c2ccccc2)C2CC2)c(=O)o1.c1ccccc1. The average molecular weight is 613 g/mol. The first-order valence-electron chi connectivity index (χ1n) is 13.0. The molecule has 39 heavy (non-hydrogen) atoms. The summed E-state index contributed by atoms with van der Waals surface area (Å²) in [5.41, 5.74) is -1.71. The second-order valence-electron chi connectivity index (χ2n) is 8.78. The molecule has 1 heterocycles. The number of aromatic hydroxyl groups is 1. The summed E-state index contributed by atoms with van der Waals surface area (Å²) in [6.07, 6.45) is 1.83. The highest BCUT2D eigenvalue weighted by Crippen LogP contribution is 2.51. The first-order valence-corrected chi connectivity index (χ1v) is 15.3. The first kappa shape index (κ1) is 30.3. The first-order chi connectivity index (χ1) is 18.8. The Balaban J connectivity index is 0.000000457. The third-order valence-electron chi connectivity index (χ3n) is 6.23. The van der Waals surface area contributed by atoms with Gasteiger partial charge in [0.2, 0.25) is 10.0 Å². The Bertz CT molecular complexity index is 1460. The second-order valence-corrected chi connectivity index (χ2v) is 11.4. The number of benzene rings is 3. The second kappa shape index (κ2) is 13.7. The molecule has 6 nitrogen and oxygen atoms in total. The van der Waals surface area contributed by atoms with E-state index in [-0.39, 0.29) is 22.1 Å². The van der Waals surface area contributed by atoms with Crippen LogP contribution in [0.3, 0.4) is 0 Å². The largest absolute Gasteiger partial charge is 0.507 e. The fourth-order valence-corrected chi connectivity index (χ4v) is 6.02. The van der Waals surface area contributed by atoms with Gasteiger partial charge in [0.15, 0.2) is 0 Å². The fraction of sp³-hybridized carbons (Fsp3) is 0.258. The van der Waals surface area contributed by atoms with Gasteiger partial charge < -0.3 is 9.52 Å². The lowest BCUT2D eigenvalue weighted by molar-refractivity contribution is 0.346. The Morgan fingerprint density at radius 2 is 1.44 bits per heavy atom. The predicted molar refractivity (Wildman–Crippen MR) is 158 cm³/mol. The summed E-state index contributed by atoms with van der Waals surface area (Å²) < 4.78 is 35.8. The van der Waals surface area contributed by atoms with Gasteiger partial charge in [-0.15, -0.1) is 0 Å². The Hall–Kier alpha value is -3.20. The fourth-order valence-electron chi connectivity index (χ4n) is 4.33.